The van der Waals surface area contributed by atoms with Crippen LogP contribution in [-0.4, -0.2) is 25.2 Å². The smallest absolute Gasteiger partial charge is 0.326 e. The lowest BCUT2D eigenvalue weighted by atomic mass is 9.93. The largest absolute Gasteiger partial charge is 0.468 e. The lowest BCUT2D eigenvalue weighted by molar-refractivity contribution is -0.147. The zero-order chi connectivity index (χ0) is 12.9. The number of benzene rings is 1. The van der Waals surface area contributed by atoms with Crippen LogP contribution in [0, 0.1) is 0 Å². The topological polar surface area (TPSA) is 38.3 Å². The van der Waals surface area contributed by atoms with Crippen molar-refractivity contribution in [3.8, 4) is 0 Å². The lowest BCUT2D eigenvalue weighted by Crippen LogP contribution is -2.51. The maximum atomic E-state index is 11.8. The first-order valence-electron chi connectivity index (χ1n) is 5.59. The fourth-order valence-corrected chi connectivity index (χ4v) is 1.96. The summed E-state index contributed by atoms with van der Waals surface area (Å²) in [6.07, 6.45) is 0.574. The SMILES string of the molecule is CCNC(C)(Cc1ccc(Cl)cc1)C(=O)OC. The van der Waals surface area contributed by atoms with Crippen molar-refractivity contribution in [2.45, 2.75) is 25.8 Å². The van der Waals surface area contributed by atoms with Gasteiger partial charge in [-0.3, -0.25) is 4.79 Å². The summed E-state index contributed by atoms with van der Waals surface area (Å²) < 4.78 is 4.84. The molecule has 0 aromatic heterocycles. The van der Waals surface area contributed by atoms with E-state index in [-0.39, 0.29) is 5.97 Å². The summed E-state index contributed by atoms with van der Waals surface area (Å²) in [5.74, 6) is -0.255. The van der Waals surface area contributed by atoms with Gasteiger partial charge in [-0.25, -0.2) is 0 Å². The summed E-state index contributed by atoms with van der Waals surface area (Å²) in [5.41, 5.74) is 0.348. The van der Waals surface area contributed by atoms with Gasteiger partial charge in [-0.05, 0) is 31.2 Å². The highest BCUT2D eigenvalue weighted by molar-refractivity contribution is 6.30. The van der Waals surface area contributed by atoms with Crippen LogP contribution in [0.2, 0.25) is 5.02 Å². The van der Waals surface area contributed by atoms with Gasteiger partial charge >= 0.3 is 5.97 Å². The number of nitrogens with one attached hydrogen (secondary N) is 1. The van der Waals surface area contributed by atoms with Crippen LogP contribution < -0.4 is 5.32 Å². The predicted octanol–water partition coefficient (Wildman–Crippen LogP) is 2.42. The number of hydrogen-bond donors (Lipinski definition) is 1. The molecule has 0 spiro atoms. The zero-order valence-electron chi connectivity index (χ0n) is 10.4. The molecule has 0 saturated heterocycles. The maximum absolute atomic E-state index is 11.8. The van der Waals surface area contributed by atoms with E-state index in [0.717, 1.165) is 5.56 Å². The van der Waals surface area contributed by atoms with E-state index in [2.05, 4.69) is 5.32 Å². The van der Waals surface area contributed by atoms with Crippen molar-refractivity contribution in [3.05, 3.63) is 34.9 Å². The zero-order valence-corrected chi connectivity index (χ0v) is 11.2. The molecule has 1 rings (SSSR count). The molecule has 1 atom stereocenters. The van der Waals surface area contributed by atoms with Gasteiger partial charge in [0.25, 0.3) is 0 Å². The Balaban J connectivity index is 2.86. The van der Waals surface area contributed by atoms with Gasteiger partial charge in [0, 0.05) is 11.4 Å². The van der Waals surface area contributed by atoms with E-state index in [4.69, 9.17) is 16.3 Å². The van der Waals surface area contributed by atoms with Gasteiger partial charge in [0.1, 0.15) is 5.54 Å². The predicted molar refractivity (Wildman–Crippen MR) is 69.3 cm³/mol. The standard InChI is InChI=1S/C13H18ClNO2/c1-4-15-13(2,12(16)17-3)9-10-5-7-11(14)8-6-10/h5-8,15H,4,9H2,1-3H3. The van der Waals surface area contributed by atoms with Crippen LogP contribution in [0.1, 0.15) is 19.4 Å². The summed E-state index contributed by atoms with van der Waals surface area (Å²) in [6, 6.07) is 7.47. The second kappa shape index (κ2) is 6.03. The molecule has 0 fully saturated rings. The second-order valence-corrected chi connectivity index (χ2v) is 4.59. The Bertz CT molecular complexity index is 378. The molecule has 4 heteroatoms. The van der Waals surface area contributed by atoms with Crippen LogP contribution >= 0.6 is 11.6 Å². The molecule has 0 aliphatic carbocycles. The van der Waals surface area contributed by atoms with Gasteiger partial charge in [0.15, 0.2) is 0 Å². The maximum Gasteiger partial charge on any atom is 0.326 e. The average molecular weight is 256 g/mol. The normalized spacial score (nSPS) is 14.1. The van der Waals surface area contributed by atoms with E-state index in [0.29, 0.717) is 18.0 Å². The first kappa shape index (κ1) is 14.0. The van der Waals surface area contributed by atoms with E-state index in [1.165, 1.54) is 7.11 Å². The van der Waals surface area contributed by atoms with E-state index >= 15 is 0 Å². The number of likely N-dealkylation sites (N-methyl/N-ethyl adjacent to an activating group) is 1. The van der Waals surface area contributed by atoms with E-state index in [9.17, 15) is 4.79 Å². The van der Waals surface area contributed by atoms with Crippen molar-refractivity contribution in [1.82, 2.24) is 5.32 Å². The summed E-state index contributed by atoms with van der Waals surface area (Å²) in [5, 5.41) is 3.86. The fraction of sp³-hybridized carbons (Fsp3) is 0.462. The van der Waals surface area contributed by atoms with Crippen LogP contribution in [0.15, 0.2) is 24.3 Å². The summed E-state index contributed by atoms with van der Waals surface area (Å²) >= 11 is 5.83. The molecular formula is C13H18ClNO2. The van der Waals surface area contributed by atoms with Crippen molar-refractivity contribution in [1.29, 1.82) is 0 Å². The number of hydrogen-bond acceptors (Lipinski definition) is 3. The third-order valence-electron chi connectivity index (χ3n) is 2.67. The van der Waals surface area contributed by atoms with Gasteiger partial charge in [-0.1, -0.05) is 30.7 Å². The molecule has 0 radical (unpaired) electrons. The molecule has 0 aliphatic rings. The minimum Gasteiger partial charge on any atom is -0.468 e. The van der Waals surface area contributed by atoms with Crippen molar-refractivity contribution < 1.29 is 9.53 Å². The monoisotopic (exact) mass is 255 g/mol. The highest BCUT2D eigenvalue weighted by Crippen LogP contribution is 2.17. The number of halogens is 1. The Morgan fingerprint density at radius 1 is 1.41 bits per heavy atom. The molecule has 0 saturated carbocycles. The van der Waals surface area contributed by atoms with Crippen LogP contribution in [0.3, 0.4) is 0 Å². The Labute approximate surface area is 107 Å². The molecule has 94 valence electrons. The second-order valence-electron chi connectivity index (χ2n) is 4.16. The number of rotatable bonds is 5. The third-order valence-corrected chi connectivity index (χ3v) is 2.93. The molecule has 0 amide bonds. The molecule has 0 heterocycles. The molecule has 1 aromatic rings. The number of carbonyl (C=O) groups excluding carboxylic acids is 1. The first-order valence-corrected chi connectivity index (χ1v) is 5.97. The molecule has 3 nitrogen and oxygen atoms in total. The van der Waals surface area contributed by atoms with Gasteiger partial charge in [0.05, 0.1) is 7.11 Å². The quantitative estimate of drug-likeness (QED) is 0.822. The van der Waals surface area contributed by atoms with Crippen molar-refractivity contribution >= 4 is 17.6 Å². The average Bonchev–Trinajstić information content (AvgIpc) is 2.31. The number of methoxy groups -OCH3 is 1. The van der Waals surface area contributed by atoms with Gasteiger partial charge in [0.2, 0.25) is 0 Å². The molecule has 1 aromatic carbocycles. The Kier molecular flexibility index (Phi) is 4.97. The summed E-state index contributed by atoms with van der Waals surface area (Å²) in [4.78, 5) is 11.8. The third kappa shape index (κ3) is 3.72. The molecular weight excluding hydrogens is 238 g/mol. The van der Waals surface area contributed by atoms with Crippen LogP contribution in [-0.2, 0) is 16.0 Å². The number of carbonyl (C=O) groups is 1. The first-order chi connectivity index (χ1) is 8.01. The van der Waals surface area contributed by atoms with Gasteiger partial charge < -0.3 is 10.1 Å². The van der Waals surface area contributed by atoms with E-state index in [1.807, 2.05) is 38.1 Å². The van der Waals surface area contributed by atoms with Gasteiger partial charge in [-0.15, -0.1) is 0 Å². The van der Waals surface area contributed by atoms with Crippen LogP contribution in [0.4, 0.5) is 0 Å². The molecule has 1 unspecified atom stereocenters. The molecule has 0 bridgehead atoms. The Morgan fingerprint density at radius 2 is 2.00 bits per heavy atom. The Hall–Kier alpha value is -1.06. The summed E-state index contributed by atoms with van der Waals surface area (Å²) in [6.45, 7) is 4.51. The van der Waals surface area contributed by atoms with Crippen molar-refractivity contribution in [2.75, 3.05) is 13.7 Å². The summed E-state index contributed by atoms with van der Waals surface area (Å²) in [7, 11) is 1.40. The molecule has 17 heavy (non-hydrogen) atoms. The lowest BCUT2D eigenvalue weighted by Gasteiger charge is -2.27. The highest BCUT2D eigenvalue weighted by atomic mass is 35.5. The Morgan fingerprint density at radius 3 is 2.47 bits per heavy atom. The minimum absolute atomic E-state index is 0.255. The molecule has 0 aliphatic heterocycles. The fourth-order valence-electron chi connectivity index (χ4n) is 1.83. The van der Waals surface area contributed by atoms with E-state index < -0.39 is 5.54 Å². The van der Waals surface area contributed by atoms with Crippen LogP contribution in [0.25, 0.3) is 0 Å². The number of ether oxygens (including phenoxy) is 1. The van der Waals surface area contributed by atoms with Crippen molar-refractivity contribution in [2.24, 2.45) is 0 Å². The molecule has 1 N–H and O–H groups in total. The minimum atomic E-state index is -0.697. The van der Waals surface area contributed by atoms with Crippen molar-refractivity contribution in [3.63, 3.8) is 0 Å². The highest BCUT2D eigenvalue weighted by Gasteiger charge is 2.33. The number of esters is 1. The van der Waals surface area contributed by atoms with Gasteiger partial charge in [-0.2, -0.15) is 0 Å². The van der Waals surface area contributed by atoms with Crippen LogP contribution in [0.5, 0.6) is 0 Å². The van der Waals surface area contributed by atoms with E-state index in [1.54, 1.807) is 0 Å².